The van der Waals surface area contributed by atoms with Gasteiger partial charge in [0.15, 0.2) is 0 Å². The number of amides is 3. The Hall–Kier alpha value is -2.43. The van der Waals surface area contributed by atoms with Crippen LogP contribution >= 0.6 is 0 Å². The fourth-order valence-corrected chi connectivity index (χ4v) is 3.15. The van der Waals surface area contributed by atoms with Gasteiger partial charge in [-0.2, -0.15) is 0 Å². The molecule has 0 unspecified atom stereocenters. The molecule has 0 aliphatic carbocycles. The van der Waals surface area contributed by atoms with Crippen LogP contribution in [0, 0.1) is 0 Å². The fourth-order valence-electron chi connectivity index (χ4n) is 3.15. The second-order valence-corrected chi connectivity index (χ2v) is 5.54. The molecule has 2 aliphatic rings. The van der Waals surface area contributed by atoms with E-state index >= 15 is 0 Å². The number of allylic oxidation sites excluding steroid dienone is 1. The first kappa shape index (κ1) is 14.5. The third kappa shape index (κ3) is 2.22. The number of piperidine rings is 1. The van der Waals surface area contributed by atoms with E-state index < -0.39 is 11.9 Å². The Labute approximate surface area is 129 Å². The van der Waals surface area contributed by atoms with Crippen molar-refractivity contribution in [2.45, 2.75) is 32.2 Å². The lowest BCUT2D eigenvalue weighted by Crippen LogP contribution is -2.51. The molecule has 1 fully saturated rings. The zero-order valence-corrected chi connectivity index (χ0v) is 12.5. The molecule has 1 atom stereocenters. The lowest BCUT2D eigenvalue weighted by atomic mass is 10.0. The molecule has 114 valence electrons. The van der Waals surface area contributed by atoms with Gasteiger partial charge < -0.3 is 4.90 Å². The quantitative estimate of drug-likeness (QED) is 0.746. The molecule has 1 aromatic carbocycles. The molecule has 0 radical (unpaired) electrons. The zero-order valence-electron chi connectivity index (χ0n) is 12.5. The van der Waals surface area contributed by atoms with Gasteiger partial charge in [0.1, 0.15) is 6.04 Å². The standard InChI is InChI=1S/C17H18N2O3/c1-2-7-15(20)19-13-9-4-3-8-12(13)16(21)18-11-6-5-10-14(18)17(19)22/h2-4,7-9,14H,5-6,10-11H2,1H3/b7-2+/t14-/m0/s1. The minimum atomic E-state index is -0.539. The Morgan fingerprint density at radius 1 is 1.23 bits per heavy atom. The highest BCUT2D eigenvalue weighted by Gasteiger charge is 2.42. The Kier molecular flexibility index (Phi) is 3.79. The van der Waals surface area contributed by atoms with Crippen molar-refractivity contribution in [1.82, 2.24) is 4.90 Å². The lowest BCUT2D eigenvalue weighted by molar-refractivity contribution is -0.128. The van der Waals surface area contributed by atoms with Crippen molar-refractivity contribution in [2.24, 2.45) is 0 Å². The topological polar surface area (TPSA) is 57.7 Å². The van der Waals surface area contributed by atoms with Crippen LogP contribution in [0.5, 0.6) is 0 Å². The van der Waals surface area contributed by atoms with Crippen LogP contribution in [0.15, 0.2) is 36.4 Å². The van der Waals surface area contributed by atoms with E-state index in [-0.39, 0.29) is 11.8 Å². The van der Waals surface area contributed by atoms with Crippen LogP contribution in [0.2, 0.25) is 0 Å². The van der Waals surface area contributed by atoms with Crippen molar-refractivity contribution in [1.29, 1.82) is 0 Å². The van der Waals surface area contributed by atoms with E-state index in [0.717, 1.165) is 17.7 Å². The maximum atomic E-state index is 12.9. The minimum Gasteiger partial charge on any atom is -0.327 e. The molecule has 1 aromatic rings. The Morgan fingerprint density at radius 3 is 2.77 bits per heavy atom. The van der Waals surface area contributed by atoms with Crippen LogP contribution in [0.3, 0.4) is 0 Å². The van der Waals surface area contributed by atoms with Crippen LogP contribution in [0.1, 0.15) is 36.5 Å². The van der Waals surface area contributed by atoms with Crippen LogP contribution in [-0.2, 0) is 9.59 Å². The van der Waals surface area contributed by atoms with E-state index in [4.69, 9.17) is 0 Å². The maximum absolute atomic E-state index is 12.9. The van der Waals surface area contributed by atoms with E-state index in [1.54, 1.807) is 42.2 Å². The highest BCUT2D eigenvalue weighted by atomic mass is 16.2. The van der Waals surface area contributed by atoms with E-state index in [2.05, 4.69) is 0 Å². The van der Waals surface area contributed by atoms with Crippen molar-refractivity contribution >= 4 is 23.4 Å². The molecule has 3 rings (SSSR count). The summed E-state index contributed by atoms with van der Waals surface area (Å²) >= 11 is 0. The Balaban J connectivity index is 2.16. The molecule has 22 heavy (non-hydrogen) atoms. The normalized spacial score (nSPS) is 21.6. The van der Waals surface area contributed by atoms with Crippen molar-refractivity contribution in [3.8, 4) is 0 Å². The van der Waals surface area contributed by atoms with Gasteiger partial charge >= 0.3 is 0 Å². The van der Waals surface area contributed by atoms with Crippen LogP contribution in [-0.4, -0.2) is 35.2 Å². The molecule has 2 heterocycles. The number of carbonyl (C=O) groups excluding carboxylic acids is 3. The number of imide groups is 1. The van der Waals surface area contributed by atoms with Gasteiger partial charge in [0.05, 0.1) is 11.3 Å². The highest BCUT2D eigenvalue weighted by Crippen LogP contribution is 2.31. The summed E-state index contributed by atoms with van der Waals surface area (Å²) in [7, 11) is 0. The van der Waals surface area contributed by atoms with Crippen molar-refractivity contribution in [2.75, 3.05) is 11.4 Å². The summed E-state index contributed by atoms with van der Waals surface area (Å²) in [5.74, 6) is -0.870. The molecule has 2 aliphatic heterocycles. The SMILES string of the molecule is C/C=C/C(=O)N1C(=O)[C@@H]2CCCCN2C(=O)c2ccccc21. The average molecular weight is 298 g/mol. The van der Waals surface area contributed by atoms with Gasteiger partial charge in [-0.05, 0) is 44.4 Å². The number of benzene rings is 1. The molecule has 0 aromatic heterocycles. The predicted octanol–water partition coefficient (Wildman–Crippen LogP) is 2.13. The van der Waals surface area contributed by atoms with Crippen molar-refractivity contribution in [3.63, 3.8) is 0 Å². The summed E-state index contributed by atoms with van der Waals surface area (Å²) in [5.41, 5.74) is 0.799. The maximum Gasteiger partial charge on any atom is 0.257 e. The number of rotatable bonds is 1. The molecule has 0 spiro atoms. The molecule has 0 saturated carbocycles. The smallest absolute Gasteiger partial charge is 0.257 e. The van der Waals surface area contributed by atoms with E-state index in [0.29, 0.717) is 24.2 Å². The van der Waals surface area contributed by atoms with Gasteiger partial charge in [0, 0.05) is 6.54 Å². The second kappa shape index (κ2) is 5.75. The zero-order chi connectivity index (χ0) is 15.7. The van der Waals surface area contributed by atoms with Gasteiger partial charge in [-0.1, -0.05) is 18.2 Å². The highest BCUT2D eigenvalue weighted by molar-refractivity contribution is 6.24. The van der Waals surface area contributed by atoms with Gasteiger partial charge in [-0.15, -0.1) is 0 Å². The molecular formula is C17H18N2O3. The summed E-state index contributed by atoms with van der Waals surface area (Å²) in [5, 5.41) is 0. The minimum absolute atomic E-state index is 0.163. The van der Waals surface area contributed by atoms with Crippen LogP contribution in [0.4, 0.5) is 5.69 Å². The molecule has 1 saturated heterocycles. The predicted molar refractivity (Wildman–Crippen MR) is 82.4 cm³/mol. The van der Waals surface area contributed by atoms with Gasteiger partial charge in [-0.25, -0.2) is 4.90 Å². The lowest BCUT2D eigenvalue weighted by Gasteiger charge is -2.33. The number of carbonyl (C=O) groups is 3. The molecular weight excluding hydrogens is 280 g/mol. The molecule has 5 heteroatoms. The first-order valence-corrected chi connectivity index (χ1v) is 7.55. The first-order chi connectivity index (χ1) is 10.6. The fraction of sp³-hybridized carbons (Fsp3) is 0.353. The van der Waals surface area contributed by atoms with E-state index in [1.165, 1.54) is 6.08 Å². The summed E-state index contributed by atoms with van der Waals surface area (Å²) in [6.45, 7) is 2.29. The van der Waals surface area contributed by atoms with E-state index in [1.807, 2.05) is 0 Å². The summed E-state index contributed by atoms with van der Waals surface area (Å²) in [6, 6.07) is 6.29. The van der Waals surface area contributed by atoms with Crippen LogP contribution in [0.25, 0.3) is 0 Å². The summed E-state index contributed by atoms with van der Waals surface area (Å²) in [4.78, 5) is 40.8. The third-order valence-electron chi connectivity index (χ3n) is 4.17. The second-order valence-electron chi connectivity index (χ2n) is 5.54. The Morgan fingerprint density at radius 2 is 2.00 bits per heavy atom. The van der Waals surface area contributed by atoms with Gasteiger partial charge in [-0.3, -0.25) is 14.4 Å². The van der Waals surface area contributed by atoms with Crippen molar-refractivity contribution < 1.29 is 14.4 Å². The van der Waals surface area contributed by atoms with Gasteiger partial charge in [0.2, 0.25) is 0 Å². The molecule has 0 N–H and O–H groups in total. The largest absolute Gasteiger partial charge is 0.327 e. The van der Waals surface area contributed by atoms with Gasteiger partial charge in [0.25, 0.3) is 17.7 Å². The number of hydrogen-bond acceptors (Lipinski definition) is 3. The summed E-state index contributed by atoms with van der Waals surface area (Å²) < 4.78 is 0. The van der Waals surface area contributed by atoms with E-state index in [9.17, 15) is 14.4 Å². The number of anilines is 1. The molecule has 0 bridgehead atoms. The third-order valence-corrected chi connectivity index (χ3v) is 4.17. The average Bonchev–Trinajstić information content (AvgIpc) is 2.63. The number of para-hydroxylation sites is 1. The molecule has 3 amide bonds. The van der Waals surface area contributed by atoms with Crippen molar-refractivity contribution in [3.05, 3.63) is 42.0 Å². The van der Waals surface area contributed by atoms with Crippen LogP contribution < -0.4 is 4.90 Å². The first-order valence-electron chi connectivity index (χ1n) is 7.55. The number of fused-ring (bicyclic) bond motifs is 2. The molecule has 5 nitrogen and oxygen atoms in total. The number of nitrogens with zero attached hydrogens (tertiary/aromatic N) is 2. The monoisotopic (exact) mass is 298 g/mol. The Bertz CT molecular complexity index is 666. The summed E-state index contributed by atoms with van der Waals surface area (Å²) in [6.07, 6.45) is 5.35. The number of hydrogen-bond donors (Lipinski definition) is 0.